The van der Waals surface area contributed by atoms with Crippen molar-refractivity contribution in [2.24, 2.45) is 5.92 Å². The molecule has 0 bridgehead atoms. The van der Waals surface area contributed by atoms with Crippen LogP contribution in [0.5, 0.6) is 0 Å². The number of thiazole rings is 1. The fourth-order valence-electron chi connectivity index (χ4n) is 3.21. The molecule has 112 valence electrons. The van der Waals surface area contributed by atoms with E-state index in [1.54, 1.807) is 4.88 Å². The van der Waals surface area contributed by atoms with Crippen LogP contribution >= 0.6 is 11.3 Å². The van der Waals surface area contributed by atoms with Gasteiger partial charge in [0, 0.05) is 43.0 Å². The molecule has 0 saturated carbocycles. The molecule has 2 atom stereocenters. The maximum Gasteiger partial charge on any atom is 0.0934 e. The van der Waals surface area contributed by atoms with E-state index in [-0.39, 0.29) is 0 Å². The van der Waals surface area contributed by atoms with E-state index in [0.717, 1.165) is 26.2 Å². The second-order valence-electron chi connectivity index (χ2n) is 6.50. The SMILES string of the molecule is CC(C)NCC1CCCc2sc(CC3CCOC3)nc21. The van der Waals surface area contributed by atoms with Crippen LogP contribution in [0.15, 0.2) is 0 Å². The summed E-state index contributed by atoms with van der Waals surface area (Å²) >= 11 is 1.97. The van der Waals surface area contributed by atoms with Gasteiger partial charge in [0.2, 0.25) is 0 Å². The monoisotopic (exact) mass is 294 g/mol. The van der Waals surface area contributed by atoms with Crippen LogP contribution in [-0.2, 0) is 17.6 Å². The second kappa shape index (κ2) is 6.54. The number of aryl methyl sites for hydroxylation is 1. The van der Waals surface area contributed by atoms with Crippen molar-refractivity contribution >= 4 is 11.3 Å². The Morgan fingerprint density at radius 3 is 3.05 bits per heavy atom. The lowest BCUT2D eigenvalue weighted by molar-refractivity contribution is 0.186. The summed E-state index contributed by atoms with van der Waals surface area (Å²) in [7, 11) is 0. The molecule has 3 nitrogen and oxygen atoms in total. The van der Waals surface area contributed by atoms with Gasteiger partial charge in [-0.15, -0.1) is 11.3 Å². The fourth-order valence-corrected chi connectivity index (χ4v) is 4.52. The highest BCUT2D eigenvalue weighted by Gasteiger charge is 2.26. The van der Waals surface area contributed by atoms with E-state index in [0.29, 0.717) is 17.9 Å². The Morgan fingerprint density at radius 1 is 1.40 bits per heavy atom. The molecule has 20 heavy (non-hydrogen) atoms. The lowest BCUT2D eigenvalue weighted by Crippen LogP contribution is -2.29. The van der Waals surface area contributed by atoms with Crippen molar-refractivity contribution in [1.82, 2.24) is 10.3 Å². The van der Waals surface area contributed by atoms with Crippen LogP contribution in [-0.4, -0.2) is 30.8 Å². The van der Waals surface area contributed by atoms with E-state index in [1.165, 1.54) is 36.4 Å². The molecule has 3 rings (SSSR count). The zero-order chi connectivity index (χ0) is 13.9. The van der Waals surface area contributed by atoms with Crippen LogP contribution in [0.3, 0.4) is 0 Å². The number of nitrogens with zero attached hydrogens (tertiary/aromatic N) is 1. The minimum atomic E-state index is 0.564. The molecule has 1 aromatic rings. The van der Waals surface area contributed by atoms with Crippen molar-refractivity contribution in [2.45, 2.75) is 57.9 Å². The zero-order valence-electron chi connectivity index (χ0n) is 12.7. The van der Waals surface area contributed by atoms with Crippen molar-refractivity contribution in [2.75, 3.05) is 19.8 Å². The molecule has 0 radical (unpaired) electrons. The third-order valence-corrected chi connectivity index (χ3v) is 5.53. The first-order valence-electron chi connectivity index (χ1n) is 8.02. The normalized spacial score (nSPS) is 26.1. The van der Waals surface area contributed by atoms with Crippen LogP contribution < -0.4 is 5.32 Å². The third-order valence-electron chi connectivity index (χ3n) is 4.37. The molecule has 1 saturated heterocycles. The first kappa shape index (κ1) is 14.5. The minimum absolute atomic E-state index is 0.564. The van der Waals surface area contributed by atoms with Gasteiger partial charge in [0.05, 0.1) is 10.7 Å². The number of rotatable bonds is 5. The lowest BCUT2D eigenvalue weighted by Gasteiger charge is -2.22. The zero-order valence-corrected chi connectivity index (χ0v) is 13.5. The van der Waals surface area contributed by atoms with Gasteiger partial charge in [0.25, 0.3) is 0 Å². The van der Waals surface area contributed by atoms with Crippen molar-refractivity contribution in [3.63, 3.8) is 0 Å². The van der Waals surface area contributed by atoms with Crippen LogP contribution in [0.2, 0.25) is 0 Å². The van der Waals surface area contributed by atoms with E-state index in [2.05, 4.69) is 19.2 Å². The Kier molecular flexibility index (Phi) is 4.74. The predicted molar refractivity (Wildman–Crippen MR) is 83.6 cm³/mol. The smallest absolute Gasteiger partial charge is 0.0934 e. The standard InChI is InChI=1S/C16H26N2OS/c1-11(2)17-9-13-4-3-5-14-16(13)18-15(20-14)8-12-6-7-19-10-12/h11-13,17H,3-10H2,1-2H3. The average Bonchev–Trinajstić information content (AvgIpc) is 3.05. The molecule has 1 N–H and O–H groups in total. The molecule has 0 amide bonds. The van der Waals surface area contributed by atoms with Gasteiger partial charge in [-0.3, -0.25) is 0 Å². The second-order valence-corrected chi connectivity index (χ2v) is 7.67. The largest absolute Gasteiger partial charge is 0.381 e. The topological polar surface area (TPSA) is 34.1 Å². The lowest BCUT2D eigenvalue weighted by atomic mass is 9.91. The average molecular weight is 294 g/mol. The molecular weight excluding hydrogens is 268 g/mol. The summed E-state index contributed by atoms with van der Waals surface area (Å²) in [5, 5.41) is 4.93. The summed E-state index contributed by atoms with van der Waals surface area (Å²) in [5.74, 6) is 1.33. The van der Waals surface area contributed by atoms with E-state index >= 15 is 0 Å². The van der Waals surface area contributed by atoms with Crippen LogP contribution in [0.4, 0.5) is 0 Å². The quantitative estimate of drug-likeness (QED) is 0.906. The third kappa shape index (κ3) is 3.41. The van der Waals surface area contributed by atoms with Gasteiger partial charge in [-0.05, 0) is 31.6 Å². The number of hydrogen-bond donors (Lipinski definition) is 1. The van der Waals surface area contributed by atoms with Gasteiger partial charge in [0.15, 0.2) is 0 Å². The Hall–Kier alpha value is -0.450. The Balaban J connectivity index is 1.67. The molecule has 1 fully saturated rings. The number of hydrogen-bond acceptors (Lipinski definition) is 4. The molecule has 2 unspecified atom stereocenters. The molecule has 1 aromatic heterocycles. The molecular formula is C16H26N2OS. The molecule has 1 aliphatic carbocycles. The summed E-state index contributed by atoms with van der Waals surface area (Å²) in [4.78, 5) is 6.55. The molecule has 1 aliphatic heterocycles. The molecule has 4 heteroatoms. The van der Waals surface area contributed by atoms with Gasteiger partial charge in [-0.1, -0.05) is 13.8 Å². The Labute approximate surface area is 126 Å². The van der Waals surface area contributed by atoms with Crippen LogP contribution in [0.1, 0.15) is 54.6 Å². The highest BCUT2D eigenvalue weighted by Crippen LogP contribution is 2.35. The molecule has 0 spiro atoms. The maximum absolute atomic E-state index is 5.48. The van der Waals surface area contributed by atoms with Gasteiger partial charge >= 0.3 is 0 Å². The number of ether oxygens (including phenoxy) is 1. The van der Waals surface area contributed by atoms with Gasteiger partial charge in [-0.2, -0.15) is 0 Å². The van der Waals surface area contributed by atoms with E-state index in [4.69, 9.17) is 9.72 Å². The number of aromatic nitrogens is 1. The summed E-state index contributed by atoms with van der Waals surface area (Å²) in [6.07, 6.45) is 6.20. The Bertz CT molecular complexity index is 438. The van der Waals surface area contributed by atoms with Crippen molar-refractivity contribution in [3.05, 3.63) is 15.6 Å². The molecule has 0 aromatic carbocycles. The Morgan fingerprint density at radius 2 is 2.30 bits per heavy atom. The van der Waals surface area contributed by atoms with E-state index in [9.17, 15) is 0 Å². The van der Waals surface area contributed by atoms with Crippen molar-refractivity contribution in [1.29, 1.82) is 0 Å². The van der Waals surface area contributed by atoms with E-state index < -0.39 is 0 Å². The summed E-state index contributed by atoms with van der Waals surface area (Å²) in [5.41, 5.74) is 1.41. The van der Waals surface area contributed by atoms with Crippen molar-refractivity contribution < 1.29 is 4.74 Å². The molecule has 2 aliphatic rings. The van der Waals surface area contributed by atoms with Gasteiger partial charge in [-0.25, -0.2) is 4.98 Å². The summed E-state index contributed by atoms with van der Waals surface area (Å²) in [6.45, 7) is 7.40. The minimum Gasteiger partial charge on any atom is -0.381 e. The van der Waals surface area contributed by atoms with Crippen molar-refractivity contribution in [3.8, 4) is 0 Å². The number of nitrogens with one attached hydrogen (secondary N) is 1. The maximum atomic E-state index is 5.48. The summed E-state index contributed by atoms with van der Waals surface area (Å²) < 4.78 is 5.48. The van der Waals surface area contributed by atoms with Crippen LogP contribution in [0, 0.1) is 5.92 Å². The highest BCUT2D eigenvalue weighted by molar-refractivity contribution is 7.11. The fraction of sp³-hybridized carbons (Fsp3) is 0.812. The first-order valence-corrected chi connectivity index (χ1v) is 8.83. The van der Waals surface area contributed by atoms with E-state index in [1.807, 2.05) is 11.3 Å². The van der Waals surface area contributed by atoms with Gasteiger partial charge in [0.1, 0.15) is 0 Å². The molecule has 2 heterocycles. The highest BCUT2D eigenvalue weighted by atomic mass is 32.1. The first-order chi connectivity index (χ1) is 9.72. The van der Waals surface area contributed by atoms with Crippen LogP contribution in [0.25, 0.3) is 0 Å². The number of fused-ring (bicyclic) bond motifs is 1. The summed E-state index contributed by atoms with van der Waals surface area (Å²) in [6, 6.07) is 0.564. The van der Waals surface area contributed by atoms with Gasteiger partial charge < -0.3 is 10.1 Å². The predicted octanol–water partition coefficient (Wildman–Crippen LogP) is 3.14.